The summed E-state index contributed by atoms with van der Waals surface area (Å²) in [4.78, 5) is 38.2. The SMILES string of the molecule is Cc1cc(/C=C2\SC(=O)N(CC(=O)Nc3ccc(Br)cc3)C2=O)cc(C)c1O. The molecular formula is C20H17BrN2O4S. The first-order chi connectivity index (χ1) is 13.2. The Morgan fingerprint density at radius 2 is 1.79 bits per heavy atom. The van der Waals surface area contributed by atoms with Gasteiger partial charge in [-0.25, -0.2) is 0 Å². The summed E-state index contributed by atoms with van der Waals surface area (Å²) in [5.74, 6) is -0.763. The Labute approximate surface area is 174 Å². The van der Waals surface area contributed by atoms with Crippen LogP contribution in [0.15, 0.2) is 45.8 Å². The van der Waals surface area contributed by atoms with Gasteiger partial charge < -0.3 is 10.4 Å². The van der Waals surface area contributed by atoms with Crippen LogP contribution in [0.4, 0.5) is 10.5 Å². The molecule has 144 valence electrons. The molecule has 1 aliphatic heterocycles. The number of amides is 3. The molecule has 1 heterocycles. The highest BCUT2D eigenvalue weighted by molar-refractivity contribution is 9.10. The molecule has 2 aromatic rings. The number of thioether (sulfide) groups is 1. The van der Waals surface area contributed by atoms with Gasteiger partial charge in [-0.2, -0.15) is 0 Å². The van der Waals surface area contributed by atoms with E-state index in [2.05, 4.69) is 21.2 Å². The summed E-state index contributed by atoms with van der Waals surface area (Å²) in [6.45, 7) is 3.17. The van der Waals surface area contributed by atoms with Crippen LogP contribution in [0.25, 0.3) is 6.08 Å². The Bertz CT molecular complexity index is 979. The Morgan fingerprint density at radius 1 is 1.18 bits per heavy atom. The second-order valence-electron chi connectivity index (χ2n) is 6.33. The Kier molecular flexibility index (Phi) is 5.90. The lowest BCUT2D eigenvalue weighted by Gasteiger charge is -2.12. The van der Waals surface area contributed by atoms with E-state index in [1.54, 1.807) is 56.3 Å². The fourth-order valence-electron chi connectivity index (χ4n) is 2.74. The Hall–Kier alpha value is -2.58. The first kappa shape index (κ1) is 20.2. The topological polar surface area (TPSA) is 86.7 Å². The van der Waals surface area contributed by atoms with Gasteiger partial charge in [0.15, 0.2) is 0 Å². The molecular weight excluding hydrogens is 444 g/mol. The highest BCUT2D eigenvalue weighted by Crippen LogP contribution is 2.33. The summed E-state index contributed by atoms with van der Waals surface area (Å²) in [5, 5.41) is 12.0. The van der Waals surface area contributed by atoms with E-state index in [1.165, 1.54) is 0 Å². The van der Waals surface area contributed by atoms with Crippen LogP contribution in [0.1, 0.15) is 16.7 Å². The maximum atomic E-state index is 12.6. The Morgan fingerprint density at radius 3 is 2.39 bits per heavy atom. The molecule has 1 fully saturated rings. The number of hydrogen-bond donors (Lipinski definition) is 2. The molecule has 3 rings (SSSR count). The number of imide groups is 1. The van der Waals surface area contributed by atoms with E-state index in [1.807, 2.05) is 0 Å². The van der Waals surface area contributed by atoms with Gasteiger partial charge in [-0.1, -0.05) is 15.9 Å². The molecule has 0 aromatic heterocycles. The Balaban J connectivity index is 1.72. The fourth-order valence-corrected chi connectivity index (χ4v) is 3.84. The number of carbonyl (C=O) groups is 3. The van der Waals surface area contributed by atoms with Crippen LogP contribution in [0, 0.1) is 13.8 Å². The van der Waals surface area contributed by atoms with Gasteiger partial charge in [0, 0.05) is 10.2 Å². The molecule has 0 radical (unpaired) electrons. The number of aromatic hydroxyl groups is 1. The molecule has 0 saturated carbocycles. The lowest BCUT2D eigenvalue weighted by atomic mass is 10.1. The van der Waals surface area contributed by atoms with Crippen molar-refractivity contribution in [3.05, 3.63) is 62.5 Å². The molecule has 1 aliphatic rings. The number of nitrogens with zero attached hydrogens (tertiary/aromatic N) is 1. The van der Waals surface area contributed by atoms with Crippen molar-refractivity contribution in [2.45, 2.75) is 13.8 Å². The quantitative estimate of drug-likeness (QED) is 0.658. The highest BCUT2D eigenvalue weighted by Gasteiger charge is 2.36. The van der Waals surface area contributed by atoms with Crippen LogP contribution >= 0.6 is 27.7 Å². The lowest BCUT2D eigenvalue weighted by molar-refractivity contribution is -0.127. The van der Waals surface area contributed by atoms with Gasteiger partial charge >= 0.3 is 0 Å². The predicted molar refractivity (Wildman–Crippen MR) is 113 cm³/mol. The van der Waals surface area contributed by atoms with E-state index in [0.29, 0.717) is 22.4 Å². The fraction of sp³-hybridized carbons (Fsp3) is 0.150. The summed E-state index contributed by atoms with van der Waals surface area (Å²) in [6, 6.07) is 10.4. The number of nitrogens with one attached hydrogen (secondary N) is 1. The second-order valence-corrected chi connectivity index (χ2v) is 8.24. The average Bonchev–Trinajstić information content (AvgIpc) is 2.89. The zero-order valence-corrected chi connectivity index (χ0v) is 17.6. The number of rotatable bonds is 4. The van der Waals surface area contributed by atoms with Gasteiger partial charge in [0.05, 0.1) is 4.91 Å². The van der Waals surface area contributed by atoms with Crippen LogP contribution in [0.3, 0.4) is 0 Å². The zero-order chi connectivity index (χ0) is 20.4. The molecule has 2 aromatic carbocycles. The van der Waals surface area contributed by atoms with Gasteiger partial charge in [0.2, 0.25) is 5.91 Å². The first-order valence-electron chi connectivity index (χ1n) is 8.35. The summed E-state index contributed by atoms with van der Waals surface area (Å²) in [6.07, 6.45) is 1.59. The van der Waals surface area contributed by atoms with Crippen molar-refractivity contribution in [3.63, 3.8) is 0 Å². The van der Waals surface area contributed by atoms with Crippen LogP contribution < -0.4 is 5.32 Å². The second kappa shape index (κ2) is 8.20. The number of hydrogen-bond acceptors (Lipinski definition) is 5. The summed E-state index contributed by atoms with van der Waals surface area (Å²) >= 11 is 4.10. The van der Waals surface area contributed by atoms with Crippen molar-refractivity contribution in [1.82, 2.24) is 4.90 Å². The highest BCUT2D eigenvalue weighted by atomic mass is 79.9. The van der Waals surface area contributed by atoms with Gasteiger partial charge in [-0.05, 0) is 84.8 Å². The van der Waals surface area contributed by atoms with Crippen molar-refractivity contribution in [2.24, 2.45) is 0 Å². The maximum absolute atomic E-state index is 12.6. The summed E-state index contributed by atoms with van der Waals surface area (Å²) < 4.78 is 0.876. The minimum atomic E-state index is -0.510. The van der Waals surface area contributed by atoms with E-state index in [4.69, 9.17) is 0 Å². The third-order valence-corrected chi connectivity index (χ3v) is 5.55. The van der Waals surface area contributed by atoms with E-state index in [-0.39, 0.29) is 17.2 Å². The third kappa shape index (κ3) is 4.45. The molecule has 0 spiro atoms. The molecule has 0 atom stereocenters. The predicted octanol–water partition coefficient (Wildman–Crippen LogP) is 4.45. The number of phenols is 1. The number of halogens is 1. The summed E-state index contributed by atoms with van der Waals surface area (Å²) in [7, 11) is 0. The zero-order valence-electron chi connectivity index (χ0n) is 15.2. The monoisotopic (exact) mass is 460 g/mol. The molecule has 3 amide bonds. The van der Waals surface area contributed by atoms with E-state index >= 15 is 0 Å². The van der Waals surface area contributed by atoms with Crippen LogP contribution in [-0.2, 0) is 9.59 Å². The number of benzene rings is 2. The molecule has 28 heavy (non-hydrogen) atoms. The normalized spacial score (nSPS) is 15.4. The largest absolute Gasteiger partial charge is 0.507 e. The van der Waals surface area contributed by atoms with Gasteiger partial charge in [-0.3, -0.25) is 19.3 Å². The average molecular weight is 461 g/mol. The molecule has 8 heteroatoms. The minimum absolute atomic E-state index is 0.204. The van der Waals surface area contributed by atoms with Crippen molar-refractivity contribution in [3.8, 4) is 5.75 Å². The standard InChI is InChI=1S/C20H17BrN2O4S/c1-11-7-13(8-12(2)18(11)25)9-16-19(26)23(20(27)28-16)10-17(24)22-15-5-3-14(21)4-6-15/h3-9,25H,10H2,1-2H3,(H,22,24)/b16-9-. The first-order valence-corrected chi connectivity index (χ1v) is 9.96. The van der Waals surface area contributed by atoms with Gasteiger partial charge in [-0.15, -0.1) is 0 Å². The van der Waals surface area contributed by atoms with E-state index < -0.39 is 17.1 Å². The van der Waals surface area contributed by atoms with Crippen molar-refractivity contribution in [1.29, 1.82) is 0 Å². The van der Waals surface area contributed by atoms with Crippen molar-refractivity contribution in [2.75, 3.05) is 11.9 Å². The molecule has 0 bridgehead atoms. The number of phenolic OH excluding ortho intramolecular Hbond substituents is 1. The van der Waals surface area contributed by atoms with Crippen LogP contribution in [0.2, 0.25) is 0 Å². The smallest absolute Gasteiger partial charge is 0.294 e. The molecule has 1 saturated heterocycles. The number of aryl methyl sites for hydroxylation is 2. The third-order valence-electron chi connectivity index (χ3n) is 4.11. The van der Waals surface area contributed by atoms with Gasteiger partial charge in [0.1, 0.15) is 12.3 Å². The number of anilines is 1. The van der Waals surface area contributed by atoms with E-state index in [0.717, 1.165) is 21.1 Å². The van der Waals surface area contributed by atoms with Crippen LogP contribution in [-0.4, -0.2) is 33.6 Å². The molecule has 0 aliphatic carbocycles. The maximum Gasteiger partial charge on any atom is 0.294 e. The minimum Gasteiger partial charge on any atom is -0.507 e. The molecule has 2 N–H and O–H groups in total. The van der Waals surface area contributed by atoms with Gasteiger partial charge in [0.25, 0.3) is 11.1 Å². The van der Waals surface area contributed by atoms with Crippen molar-refractivity contribution >= 4 is 56.5 Å². The van der Waals surface area contributed by atoms with E-state index in [9.17, 15) is 19.5 Å². The molecule has 6 nitrogen and oxygen atoms in total. The van der Waals surface area contributed by atoms with Crippen molar-refractivity contribution < 1.29 is 19.5 Å². The lowest BCUT2D eigenvalue weighted by Crippen LogP contribution is -2.36. The molecule has 0 unspecified atom stereocenters. The number of carbonyl (C=O) groups excluding carboxylic acids is 3. The summed E-state index contributed by atoms with van der Waals surface area (Å²) in [5.41, 5.74) is 2.64. The van der Waals surface area contributed by atoms with Crippen LogP contribution in [0.5, 0.6) is 5.75 Å².